The van der Waals surface area contributed by atoms with Crippen LogP contribution in [0.15, 0.2) is 70.5 Å². The van der Waals surface area contributed by atoms with Crippen LogP contribution in [0.5, 0.6) is 0 Å². The van der Waals surface area contributed by atoms with Gasteiger partial charge < -0.3 is 14.7 Å². The zero-order valence-corrected chi connectivity index (χ0v) is 20.4. The maximum Gasteiger partial charge on any atom is 0.252 e. The third-order valence-corrected chi connectivity index (χ3v) is 8.98. The quantitative estimate of drug-likeness (QED) is 0.524. The molecular weight excluding hydrogens is 458 g/mol. The van der Waals surface area contributed by atoms with Crippen LogP contribution in [0.4, 0.5) is 5.69 Å². The van der Waals surface area contributed by atoms with Gasteiger partial charge in [-0.1, -0.05) is 24.3 Å². The fourth-order valence-corrected chi connectivity index (χ4v) is 6.54. The van der Waals surface area contributed by atoms with Gasteiger partial charge in [-0.3, -0.25) is 4.98 Å². The van der Waals surface area contributed by atoms with Crippen LogP contribution in [0, 0.1) is 0 Å². The molecule has 1 aromatic carbocycles. The molecule has 0 aliphatic carbocycles. The molecule has 9 heteroatoms. The second-order valence-electron chi connectivity index (χ2n) is 8.62. The summed E-state index contributed by atoms with van der Waals surface area (Å²) in [4.78, 5) is 6.31. The van der Waals surface area contributed by atoms with E-state index in [9.17, 15) is 13.5 Å². The second kappa shape index (κ2) is 9.90. The topological polar surface area (TPSA) is 83.0 Å². The molecule has 1 fully saturated rings. The van der Waals surface area contributed by atoms with Gasteiger partial charge in [0.1, 0.15) is 4.21 Å². The first-order valence-electron chi connectivity index (χ1n) is 10.8. The van der Waals surface area contributed by atoms with E-state index in [1.165, 1.54) is 11.3 Å². The minimum Gasteiger partial charge on any atom is -0.386 e. The van der Waals surface area contributed by atoms with Crippen molar-refractivity contribution in [2.45, 2.75) is 36.3 Å². The molecule has 7 nitrogen and oxygen atoms in total. The Morgan fingerprint density at radius 1 is 1.15 bits per heavy atom. The van der Waals surface area contributed by atoms with Crippen LogP contribution in [0.1, 0.15) is 25.0 Å². The zero-order valence-electron chi connectivity index (χ0n) is 18.8. The van der Waals surface area contributed by atoms with Crippen molar-refractivity contribution in [2.75, 3.05) is 31.1 Å². The van der Waals surface area contributed by atoms with Crippen molar-refractivity contribution in [3.63, 3.8) is 0 Å². The molecule has 3 heterocycles. The summed E-state index contributed by atoms with van der Waals surface area (Å²) in [5, 5.41) is 12.0. The average molecular weight is 488 g/mol. The Labute approximate surface area is 199 Å². The molecular formula is C24H29N3O4S2. The molecule has 1 aliphatic heterocycles. The number of anilines is 1. The van der Waals surface area contributed by atoms with Crippen LogP contribution in [0.2, 0.25) is 0 Å². The summed E-state index contributed by atoms with van der Waals surface area (Å²) in [6.45, 7) is 5.57. The third kappa shape index (κ3) is 5.62. The number of hydrogen-bond donors (Lipinski definition) is 1. The van der Waals surface area contributed by atoms with E-state index >= 15 is 0 Å². The van der Waals surface area contributed by atoms with Gasteiger partial charge in [-0.2, -0.15) is 4.31 Å². The lowest BCUT2D eigenvalue weighted by Gasteiger charge is -2.42. The number of ether oxygens (including phenoxy) is 1. The minimum atomic E-state index is -3.53. The molecule has 176 valence electrons. The lowest BCUT2D eigenvalue weighted by Crippen LogP contribution is -2.56. The fraction of sp³-hybridized carbons (Fsp3) is 0.375. The molecule has 2 aromatic heterocycles. The Morgan fingerprint density at radius 3 is 2.58 bits per heavy atom. The summed E-state index contributed by atoms with van der Waals surface area (Å²) in [5.41, 5.74) is 1.86. The number of aromatic nitrogens is 1. The van der Waals surface area contributed by atoms with Crippen LogP contribution < -0.4 is 4.90 Å². The molecule has 1 N–H and O–H groups in total. The molecule has 0 bridgehead atoms. The Kier molecular flexibility index (Phi) is 7.16. The maximum absolute atomic E-state index is 13.1. The standard InChI is InChI=1S/C24H29N3O4S2/c1-24(2,28)20-7-9-21(10-8-20)27-13-12-26(33(29,30)23-6-4-14-32-23)16-22(27)18-31-17-19-5-3-11-25-15-19/h3-11,14-15,22,28H,12-13,16-18H2,1-2H3. The number of pyridine rings is 1. The van der Waals surface area contributed by atoms with Crippen LogP contribution in [-0.2, 0) is 27.0 Å². The van der Waals surface area contributed by atoms with Crippen molar-refractivity contribution in [1.29, 1.82) is 0 Å². The highest BCUT2D eigenvalue weighted by molar-refractivity contribution is 7.91. The van der Waals surface area contributed by atoms with Gasteiger partial charge in [0.25, 0.3) is 10.0 Å². The number of benzene rings is 1. The van der Waals surface area contributed by atoms with Crippen molar-refractivity contribution in [1.82, 2.24) is 9.29 Å². The van der Waals surface area contributed by atoms with Gasteiger partial charge in [-0.25, -0.2) is 8.42 Å². The molecule has 1 saturated heterocycles. The van der Waals surface area contributed by atoms with Crippen molar-refractivity contribution in [3.8, 4) is 0 Å². The number of piperazine rings is 1. The van der Waals surface area contributed by atoms with E-state index in [1.807, 2.05) is 36.4 Å². The lowest BCUT2D eigenvalue weighted by molar-refractivity contribution is 0.0785. The molecule has 33 heavy (non-hydrogen) atoms. The molecule has 4 rings (SSSR count). The summed E-state index contributed by atoms with van der Waals surface area (Å²) in [5.74, 6) is 0. The monoisotopic (exact) mass is 487 g/mol. The number of nitrogens with zero attached hydrogens (tertiary/aromatic N) is 3. The maximum atomic E-state index is 13.1. The summed E-state index contributed by atoms with van der Waals surface area (Å²) in [6.07, 6.45) is 3.48. The van der Waals surface area contributed by atoms with Crippen LogP contribution in [0.25, 0.3) is 0 Å². The molecule has 0 spiro atoms. The van der Waals surface area contributed by atoms with E-state index in [0.29, 0.717) is 37.1 Å². The van der Waals surface area contributed by atoms with E-state index in [4.69, 9.17) is 4.74 Å². The summed E-state index contributed by atoms with van der Waals surface area (Å²) in [6, 6.07) is 14.9. The predicted molar refractivity (Wildman–Crippen MR) is 130 cm³/mol. The van der Waals surface area contributed by atoms with Crippen molar-refractivity contribution >= 4 is 27.0 Å². The first-order chi connectivity index (χ1) is 15.7. The minimum absolute atomic E-state index is 0.154. The van der Waals surface area contributed by atoms with Crippen molar-refractivity contribution in [2.24, 2.45) is 0 Å². The average Bonchev–Trinajstić information content (AvgIpc) is 3.35. The highest BCUT2D eigenvalue weighted by Gasteiger charge is 2.35. The Bertz CT molecular complexity index is 1130. The zero-order chi connectivity index (χ0) is 23.5. The van der Waals surface area contributed by atoms with Gasteiger partial charge in [0.2, 0.25) is 0 Å². The number of sulfonamides is 1. The van der Waals surface area contributed by atoms with Gasteiger partial charge in [0.15, 0.2) is 0 Å². The van der Waals surface area contributed by atoms with Gasteiger partial charge in [-0.05, 0) is 54.6 Å². The highest BCUT2D eigenvalue weighted by Crippen LogP contribution is 2.29. The first-order valence-corrected chi connectivity index (χ1v) is 13.2. The highest BCUT2D eigenvalue weighted by atomic mass is 32.2. The van der Waals surface area contributed by atoms with E-state index in [2.05, 4.69) is 9.88 Å². The lowest BCUT2D eigenvalue weighted by atomic mass is 9.98. The van der Waals surface area contributed by atoms with E-state index in [-0.39, 0.29) is 6.04 Å². The van der Waals surface area contributed by atoms with Gasteiger partial charge in [0.05, 0.1) is 24.9 Å². The summed E-state index contributed by atoms with van der Waals surface area (Å²) < 4.78 is 34.2. The van der Waals surface area contributed by atoms with Crippen molar-refractivity contribution < 1.29 is 18.3 Å². The molecule has 0 amide bonds. The number of aliphatic hydroxyl groups is 1. The van der Waals surface area contributed by atoms with Crippen LogP contribution in [0.3, 0.4) is 0 Å². The smallest absolute Gasteiger partial charge is 0.252 e. The predicted octanol–water partition coefficient (Wildman–Crippen LogP) is 3.47. The molecule has 1 aliphatic rings. The summed E-state index contributed by atoms with van der Waals surface area (Å²) >= 11 is 1.24. The van der Waals surface area contributed by atoms with E-state index in [1.54, 1.807) is 48.1 Å². The van der Waals surface area contributed by atoms with E-state index < -0.39 is 15.6 Å². The molecule has 1 atom stereocenters. The number of hydrogen-bond acceptors (Lipinski definition) is 7. The normalized spacial score (nSPS) is 17.9. The van der Waals surface area contributed by atoms with Gasteiger partial charge >= 0.3 is 0 Å². The van der Waals surface area contributed by atoms with Gasteiger partial charge in [0, 0.05) is 37.7 Å². The Hall–Kier alpha value is -2.30. The van der Waals surface area contributed by atoms with Crippen molar-refractivity contribution in [3.05, 3.63) is 77.4 Å². The van der Waals surface area contributed by atoms with Gasteiger partial charge in [-0.15, -0.1) is 11.3 Å². The van der Waals surface area contributed by atoms with E-state index in [0.717, 1.165) is 16.8 Å². The number of rotatable bonds is 8. The SMILES string of the molecule is CC(C)(O)c1ccc(N2CCN(S(=O)(=O)c3cccs3)CC2COCc2cccnc2)cc1. The number of thiophene rings is 1. The Morgan fingerprint density at radius 2 is 1.94 bits per heavy atom. The largest absolute Gasteiger partial charge is 0.386 e. The molecule has 0 radical (unpaired) electrons. The second-order valence-corrected chi connectivity index (χ2v) is 11.7. The first kappa shape index (κ1) is 23.8. The van der Waals surface area contributed by atoms with Crippen LogP contribution >= 0.6 is 11.3 Å². The Balaban J connectivity index is 1.53. The third-order valence-electron chi connectivity index (χ3n) is 5.74. The molecule has 3 aromatic rings. The van der Waals surface area contributed by atoms with Crippen LogP contribution in [-0.4, -0.2) is 55.1 Å². The molecule has 0 saturated carbocycles. The fourth-order valence-electron chi connectivity index (χ4n) is 3.92. The summed E-state index contributed by atoms with van der Waals surface area (Å²) in [7, 11) is -3.53. The molecule has 1 unspecified atom stereocenters.